The van der Waals surface area contributed by atoms with E-state index in [1.807, 2.05) is 0 Å². The van der Waals surface area contributed by atoms with Crippen molar-refractivity contribution in [3.05, 3.63) is 0 Å². The van der Waals surface area contributed by atoms with E-state index in [4.69, 9.17) is 0 Å². The number of hydrogen-bond acceptors (Lipinski definition) is 0. The summed E-state index contributed by atoms with van der Waals surface area (Å²) < 4.78 is 0. The fourth-order valence-electron chi connectivity index (χ4n) is 0. The average Bonchev–Trinajstić information content (AvgIpc) is 0. The minimum absolute atomic E-state index is 0. The van der Waals surface area contributed by atoms with Crippen molar-refractivity contribution < 1.29 is 43.8 Å². The van der Waals surface area contributed by atoms with E-state index in [1.165, 1.54) is 0 Å². The molecule has 0 aromatic carbocycles. The Kier molecular flexibility index (Phi) is 134. The molecule has 0 spiro atoms. The van der Waals surface area contributed by atoms with Crippen LogP contribution in [0.4, 0.5) is 0 Å². The van der Waals surface area contributed by atoms with Gasteiger partial charge in [0.25, 0.3) is 0 Å². The van der Waals surface area contributed by atoms with E-state index in [-0.39, 0.29) is 81.5 Å². The van der Waals surface area contributed by atoms with Crippen molar-refractivity contribution in [2.24, 2.45) is 0 Å². The molecule has 0 unspecified atom stereocenters. The monoisotopic (exact) mass is 188 g/mol. The third kappa shape index (κ3) is 8.82. The van der Waals surface area contributed by atoms with Gasteiger partial charge in [-0.15, -0.1) is 0 Å². The normalized spacial score (nSPS) is 0. The molecule has 0 aromatic heterocycles. The fraction of sp³-hybridized carbons (Fsp3) is 0. The smallest absolute Gasteiger partial charge is 0 e. The Labute approximate surface area is 80.3 Å². The predicted molar refractivity (Wildman–Crippen MR) is 14.3 cm³/mol. The second-order valence-electron chi connectivity index (χ2n) is 0. The second-order valence-corrected chi connectivity index (χ2v) is 0. The molecule has 16 valence electrons. The Morgan fingerprint density at radius 2 is 0.750 bits per heavy atom. The van der Waals surface area contributed by atoms with Gasteiger partial charge in [-0.25, -0.2) is 0 Å². The fourth-order valence-corrected chi connectivity index (χ4v) is 0. The van der Waals surface area contributed by atoms with Crippen LogP contribution < -0.4 is 0 Å². The zero-order chi connectivity index (χ0) is 0. The first-order valence-electron chi connectivity index (χ1n) is 0. The van der Waals surface area contributed by atoms with Crippen LogP contribution in [-0.4, -0.2) is 37.7 Å². The van der Waals surface area contributed by atoms with Gasteiger partial charge in [0, 0.05) is 43.8 Å². The van der Waals surface area contributed by atoms with Gasteiger partial charge in [0.1, 0.15) is 0 Å². The van der Waals surface area contributed by atoms with Crippen molar-refractivity contribution in [2.75, 3.05) is 0 Å². The molecule has 0 nitrogen and oxygen atoms in total. The van der Waals surface area contributed by atoms with Gasteiger partial charge >= 0.3 is 37.7 Å². The topological polar surface area (TPSA) is 0 Å². The standard InChI is InChI=1S/Cd.2Li.Ni.2H. The van der Waals surface area contributed by atoms with E-state index < -0.39 is 0 Å². The van der Waals surface area contributed by atoms with E-state index >= 15 is 0 Å². The van der Waals surface area contributed by atoms with Crippen LogP contribution in [0.3, 0.4) is 0 Å². The van der Waals surface area contributed by atoms with Crippen LogP contribution in [0.25, 0.3) is 0 Å². The maximum absolute atomic E-state index is 0. The van der Waals surface area contributed by atoms with Crippen molar-refractivity contribution in [1.29, 1.82) is 0 Å². The van der Waals surface area contributed by atoms with Crippen LogP contribution in [-0.2, 0) is 43.8 Å². The number of hydrogen-bond donors (Lipinski definition) is 0. The van der Waals surface area contributed by atoms with E-state index in [1.54, 1.807) is 0 Å². The van der Waals surface area contributed by atoms with E-state index in [0.29, 0.717) is 0 Å². The molecule has 0 amide bonds. The summed E-state index contributed by atoms with van der Waals surface area (Å²) in [6, 6.07) is 0. The summed E-state index contributed by atoms with van der Waals surface area (Å²) >= 11 is 0. The molecule has 0 aliphatic heterocycles. The van der Waals surface area contributed by atoms with Gasteiger partial charge in [-0.1, -0.05) is 0 Å². The molecule has 4 heavy (non-hydrogen) atoms. The summed E-state index contributed by atoms with van der Waals surface area (Å²) in [5.74, 6) is 0. The van der Waals surface area contributed by atoms with Crippen LogP contribution in [0.2, 0.25) is 0 Å². The Bertz CT molecular complexity index is 6.00. The molecule has 0 aliphatic carbocycles. The SMILES string of the molecule is [Cd].[LiH].[LiH].[Ni]. The van der Waals surface area contributed by atoms with Gasteiger partial charge in [0.15, 0.2) is 0 Å². The molecular weight excluding hydrogens is 185 g/mol. The minimum Gasteiger partial charge on any atom is 0 e. The molecule has 0 atom stereocenters. The van der Waals surface area contributed by atoms with Crippen LogP contribution >= 0.6 is 0 Å². The van der Waals surface area contributed by atoms with Crippen molar-refractivity contribution in [3.8, 4) is 0 Å². The molecule has 0 N–H and O–H groups in total. The summed E-state index contributed by atoms with van der Waals surface area (Å²) in [5.41, 5.74) is 0. The summed E-state index contributed by atoms with van der Waals surface area (Å²) in [6.45, 7) is 0. The van der Waals surface area contributed by atoms with Gasteiger partial charge in [0.2, 0.25) is 0 Å². The van der Waals surface area contributed by atoms with Crippen LogP contribution in [0.15, 0.2) is 0 Å². The largest absolute Gasteiger partial charge is 0 e. The zero-order valence-electron chi connectivity index (χ0n) is 1.02. The Morgan fingerprint density at radius 3 is 0.750 bits per heavy atom. The molecule has 4 heteroatoms. The second kappa shape index (κ2) is 17.5. The van der Waals surface area contributed by atoms with Crippen molar-refractivity contribution in [2.45, 2.75) is 0 Å². The summed E-state index contributed by atoms with van der Waals surface area (Å²) in [4.78, 5) is 0. The molecule has 0 fully saturated rings. The summed E-state index contributed by atoms with van der Waals surface area (Å²) in [6.07, 6.45) is 0. The first-order valence-corrected chi connectivity index (χ1v) is 0. The molecular formula is H2CdLi2Ni. The minimum atomic E-state index is 0. The molecule has 0 aliphatic rings. The van der Waals surface area contributed by atoms with Crippen molar-refractivity contribution in [3.63, 3.8) is 0 Å². The zero-order valence-corrected chi connectivity index (χ0v) is 6.05. The maximum atomic E-state index is 0. The predicted octanol–water partition coefficient (Wildman–Crippen LogP) is -1.30. The van der Waals surface area contributed by atoms with Gasteiger partial charge in [-0.2, -0.15) is 0 Å². The first-order chi connectivity index (χ1) is 0. The van der Waals surface area contributed by atoms with Crippen molar-refractivity contribution >= 4 is 37.7 Å². The molecule has 0 aromatic rings. The first kappa shape index (κ1) is 30.5. The van der Waals surface area contributed by atoms with Gasteiger partial charge < -0.3 is 0 Å². The third-order valence-electron chi connectivity index (χ3n) is 0. The van der Waals surface area contributed by atoms with E-state index in [2.05, 4.69) is 0 Å². The van der Waals surface area contributed by atoms with Gasteiger partial charge in [0.05, 0.1) is 0 Å². The molecule has 0 heterocycles. The van der Waals surface area contributed by atoms with Crippen molar-refractivity contribution in [1.82, 2.24) is 0 Å². The van der Waals surface area contributed by atoms with Crippen LogP contribution in [0.5, 0.6) is 0 Å². The summed E-state index contributed by atoms with van der Waals surface area (Å²) in [5, 5.41) is 0. The van der Waals surface area contributed by atoms with Crippen LogP contribution in [0.1, 0.15) is 0 Å². The Hall–Kier alpha value is 2.61. The Morgan fingerprint density at radius 1 is 0.750 bits per heavy atom. The van der Waals surface area contributed by atoms with E-state index in [0.717, 1.165) is 0 Å². The maximum Gasteiger partial charge on any atom is 0 e. The van der Waals surface area contributed by atoms with Gasteiger partial charge in [-0.05, 0) is 0 Å². The summed E-state index contributed by atoms with van der Waals surface area (Å²) in [7, 11) is 0. The Balaban J connectivity index is 0. The molecule has 0 saturated carbocycles. The van der Waals surface area contributed by atoms with Crippen LogP contribution in [0, 0.1) is 0 Å². The quantitative estimate of drug-likeness (QED) is 0.413. The molecule has 0 radical (unpaired) electrons. The molecule has 0 bridgehead atoms. The average molecular weight is 187 g/mol. The molecule has 0 rings (SSSR count). The third-order valence-corrected chi connectivity index (χ3v) is 0. The van der Waals surface area contributed by atoms with Gasteiger partial charge in [-0.3, -0.25) is 0 Å². The number of rotatable bonds is 0. The molecule has 0 saturated heterocycles. The van der Waals surface area contributed by atoms with E-state index in [9.17, 15) is 0 Å².